The predicted molar refractivity (Wildman–Crippen MR) is 63.3 cm³/mol. The third-order valence-electron chi connectivity index (χ3n) is 2.62. The van der Waals surface area contributed by atoms with Crippen molar-refractivity contribution < 1.29 is 13.2 Å². The highest BCUT2D eigenvalue weighted by atomic mass is 19.4. The maximum atomic E-state index is 12.7. The Morgan fingerprint density at radius 1 is 1.32 bits per heavy atom. The van der Waals surface area contributed by atoms with E-state index in [9.17, 15) is 18.0 Å². The molecular weight excluding hydrogens is 259 g/mol. The lowest BCUT2D eigenvalue weighted by molar-refractivity contribution is -0.141. The fourth-order valence-electron chi connectivity index (χ4n) is 1.72. The molecule has 2 rings (SSSR count). The quantitative estimate of drug-likeness (QED) is 0.913. The average molecular weight is 271 g/mol. The molecule has 102 valence electrons. The van der Waals surface area contributed by atoms with E-state index in [0.717, 1.165) is 10.7 Å². The molecule has 0 aromatic carbocycles. The second kappa shape index (κ2) is 4.56. The summed E-state index contributed by atoms with van der Waals surface area (Å²) >= 11 is 0. The van der Waals surface area contributed by atoms with E-state index in [1.165, 1.54) is 18.3 Å². The van der Waals surface area contributed by atoms with Gasteiger partial charge >= 0.3 is 6.18 Å². The predicted octanol–water partition coefficient (Wildman–Crippen LogP) is 2.70. The van der Waals surface area contributed by atoms with Crippen LogP contribution in [0.3, 0.4) is 0 Å². The monoisotopic (exact) mass is 271 g/mol. The lowest BCUT2D eigenvalue weighted by atomic mass is 10.1. The van der Waals surface area contributed by atoms with E-state index >= 15 is 0 Å². The molecule has 0 saturated heterocycles. The Bertz CT molecular complexity index is 640. The Balaban J connectivity index is 2.62. The molecule has 0 radical (unpaired) electrons. The summed E-state index contributed by atoms with van der Waals surface area (Å²) in [5.74, 6) is -0.150. The number of nitrogens with zero attached hydrogens (tertiary/aromatic N) is 2. The van der Waals surface area contributed by atoms with Gasteiger partial charge in [0.25, 0.3) is 0 Å². The normalized spacial score (nSPS) is 12.1. The Hall–Kier alpha value is -2.05. The van der Waals surface area contributed by atoms with Crippen molar-refractivity contribution in [2.24, 2.45) is 0 Å². The maximum Gasteiger partial charge on any atom is 0.435 e. The summed E-state index contributed by atoms with van der Waals surface area (Å²) in [6.45, 7) is 3.53. The van der Waals surface area contributed by atoms with Crippen LogP contribution in [-0.4, -0.2) is 14.8 Å². The molecule has 19 heavy (non-hydrogen) atoms. The van der Waals surface area contributed by atoms with E-state index in [4.69, 9.17) is 0 Å². The van der Waals surface area contributed by atoms with Crippen LogP contribution in [0.1, 0.15) is 31.2 Å². The molecule has 0 atom stereocenters. The van der Waals surface area contributed by atoms with Crippen LogP contribution in [0.25, 0.3) is 5.69 Å². The van der Waals surface area contributed by atoms with Crippen molar-refractivity contribution in [3.05, 3.63) is 46.1 Å². The summed E-state index contributed by atoms with van der Waals surface area (Å²) in [5, 5.41) is 3.55. The third-order valence-corrected chi connectivity index (χ3v) is 2.62. The topological polar surface area (TPSA) is 50.7 Å². The van der Waals surface area contributed by atoms with Gasteiger partial charge in [-0.25, -0.2) is 4.68 Å². The minimum absolute atomic E-state index is 0.150. The fourth-order valence-corrected chi connectivity index (χ4v) is 1.72. The van der Waals surface area contributed by atoms with Crippen molar-refractivity contribution >= 4 is 0 Å². The van der Waals surface area contributed by atoms with Gasteiger partial charge in [0.1, 0.15) is 0 Å². The SMILES string of the molecule is CC(C)c1cc(C(F)(F)F)nn1-c1cc[nH]c(=O)c1. The van der Waals surface area contributed by atoms with E-state index in [-0.39, 0.29) is 5.92 Å². The van der Waals surface area contributed by atoms with E-state index in [0.29, 0.717) is 11.4 Å². The molecule has 0 bridgehead atoms. The highest BCUT2D eigenvalue weighted by molar-refractivity contribution is 5.33. The Morgan fingerprint density at radius 2 is 2.00 bits per heavy atom. The molecule has 0 amide bonds. The number of aromatic amines is 1. The molecule has 0 aliphatic heterocycles. The Kier molecular flexibility index (Phi) is 3.21. The molecule has 2 aromatic rings. The summed E-state index contributed by atoms with van der Waals surface area (Å²) in [7, 11) is 0. The van der Waals surface area contributed by atoms with Crippen LogP contribution in [0.2, 0.25) is 0 Å². The first-order valence-electron chi connectivity index (χ1n) is 5.65. The molecule has 0 spiro atoms. The first kappa shape index (κ1) is 13.4. The summed E-state index contributed by atoms with van der Waals surface area (Å²) in [5.41, 5.74) is -0.645. The third kappa shape index (κ3) is 2.69. The Morgan fingerprint density at radius 3 is 2.53 bits per heavy atom. The van der Waals surface area contributed by atoms with E-state index in [1.54, 1.807) is 13.8 Å². The molecular formula is C12H12F3N3O. The largest absolute Gasteiger partial charge is 0.435 e. The van der Waals surface area contributed by atoms with Gasteiger partial charge in [-0.15, -0.1) is 0 Å². The molecule has 0 saturated carbocycles. The van der Waals surface area contributed by atoms with Gasteiger partial charge in [0, 0.05) is 18.0 Å². The molecule has 0 aliphatic rings. The van der Waals surface area contributed by atoms with Crippen LogP contribution in [0.15, 0.2) is 29.2 Å². The number of aromatic nitrogens is 3. The number of nitrogens with one attached hydrogen (secondary N) is 1. The number of hydrogen-bond acceptors (Lipinski definition) is 2. The van der Waals surface area contributed by atoms with Gasteiger partial charge in [-0.05, 0) is 18.1 Å². The Labute approximate surface area is 106 Å². The van der Waals surface area contributed by atoms with Gasteiger partial charge in [-0.2, -0.15) is 18.3 Å². The summed E-state index contributed by atoms with van der Waals surface area (Å²) in [6, 6.07) is 3.71. The first-order chi connectivity index (χ1) is 8.79. The number of rotatable bonds is 2. The van der Waals surface area contributed by atoms with Crippen LogP contribution < -0.4 is 5.56 Å². The highest BCUT2D eigenvalue weighted by Crippen LogP contribution is 2.31. The molecule has 7 heteroatoms. The lowest BCUT2D eigenvalue weighted by Crippen LogP contribution is -2.11. The van der Waals surface area contributed by atoms with Crippen LogP contribution in [0, 0.1) is 0 Å². The zero-order chi connectivity index (χ0) is 14.2. The fraction of sp³-hybridized carbons (Fsp3) is 0.333. The summed E-state index contributed by atoms with van der Waals surface area (Å²) < 4.78 is 39.2. The van der Waals surface area contributed by atoms with E-state index < -0.39 is 17.4 Å². The van der Waals surface area contributed by atoms with Gasteiger partial charge < -0.3 is 4.98 Å². The van der Waals surface area contributed by atoms with Crippen molar-refractivity contribution in [3.63, 3.8) is 0 Å². The van der Waals surface area contributed by atoms with Crippen molar-refractivity contribution in [1.82, 2.24) is 14.8 Å². The number of halogens is 3. The molecule has 0 fully saturated rings. The van der Waals surface area contributed by atoms with Gasteiger partial charge in [-0.3, -0.25) is 4.79 Å². The molecule has 1 N–H and O–H groups in total. The first-order valence-corrected chi connectivity index (χ1v) is 5.65. The van der Waals surface area contributed by atoms with Gasteiger partial charge in [0.2, 0.25) is 5.56 Å². The van der Waals surface area contributed by atoms with Gasteiger partial charge in [-0.1, -0.05) is 13.8 Å². The van der Waals surface area contributed by atoms with Crippen molar-refractivity contribution in [1.29, 1.82) is 0 Å². The number of H-pyrrole nitrogens is 1. The minimum atomic E-state index is -4.50. The van der Waals surface area contributed by atoms with Crippen molar-refractivity contribution in [2.75, 3.05) is 0 Å². The zero-order valence-electron chi connectivity index (χ0n) is 10.3. The van der Waals surface area contributed by atoms with E-state index in [1.807, 2.05) is 0 Å². The molecule has 2 heterocycles. The van der Waals surface area contributed by atoms with Crippen LogP contribution in [0.4, 0.5) is 13.2 Å². The maximum absolute atomic E-state index is 12.7. The van der Waals surface area contributed by atoms with Crippen molar-refractivity contribution in [3.8, 4) is 5.69 Å². The van der Waals surface area contributed by atoms with Crippen LogP contribution >= 0.6 is 0 Å². The second-order valence-corrected chi connectivity index (χ2v) is 4.43. The summed E-state index contributed by atoms with van der Waals surface area (Å²) in [6.07, 6.45) is -3.13. The minimum Gasteiger partial charge on any atom is -0.329 e. The molecule has 0 unspecified atom stereocenters. The van der Waals surface area contributed by atoms with Crippen LogP contribution in [-0.2, 0) is 6.18 Å². The smallest absolute Gasteiger partial charge is 0.329 e. The zero-order valence-corrected chi connectivity index (χ0v) is 10.3. The number of alkyl halides is 3. The van der Waals surface area contributed by atoms with Crippen LogP contribution in [0.5, 0.6) is 0 Å². The van der Waals surface area contributed by atoms with Gasteiger partial charge in [0.15, 0.2) is 5.69 Å². The highest BCUT2D eigenvalue weighted by Gasteiger charge is 2.35. The average Bonchev–Trinajstić information content (AvgIpc) is 2.73. The molecule has 0 aliphatic carbocycles. The number of hydrogen-bond donors (Lipinski definition) is 1. The molecule has 2 aromatic heterocycles. The standard InChI is InChI=1S/C12H12F3N3O/c1-7(2)9-6-10(12(13,14)15)17-18(9)8-3-4-16-11(19)5-8/h3-7H,1-2H3,(H,16,19). The second-order valence-electron chi connectivity index (χ2n) is 4.43. The lowest BCUT2D eigenvalue weighted by Gasteiger charge is -2.09. The van der Waals surface area contributed by atoms with Crippen molar-refractivity contribution in [2.45, 2.75) is 25.9 Å². The van der Waals surface area contributed by atoms with Gasteiger partial charge in [0.05, 0.1) is 5.69 Å². The van der Waals surface area contributed by atoms with E-state index in [2.05, 4.69) is 10.1 Å². The summed E-state index contributed by atoms with van der Waals surface area (Å²) in [4.78, 5) is 13.6. The number of pyridine rings is 1. The molecule has 4 nitrogen and oxygen atoms in total.